The third-order valence-electron chi connectivity index (χ3n) is 2.27. The van der Waals surface area contributed by atoms with Gasteiger partial charge in [0.15, 0.2) is 0 Å². The van der Waals surface area contributed by atoms with Crippen LogP contribution in [0.15, 0.2) is 0 Å². The number of likely N-dealkylation sites (tertiary alicyclic amines) is 1. The van der Waals surface area contributed by atoms with E-state index in [0.29, 0.717) is 5.92 Å². The molecule has 70 valence electrons. The van der Waals surface area contributed by atoms with E-state index in [-0.39, 0.29) is 6.03 Å². The minimum atomic E-state index is -0.0791. The van der Waals surface area contributed by atoms with Gasteiger partial charge in [-0.1, -0.05) is 0 Å². The van der Waals surface area contributed by atoms with Crippen molar-refractivity contribution < 1.29 is 4.79 Å². The molecule has 1 saturated heterocycles. The first-order chi connectivity index (χ1) is 5.72. The molecule has 0 aliphatic carbocycles. The van der Waals surface area contributed by atoms with Gasteiger partial charge in [-0.15, -0.1) is 0 Å². The molecule has 4 heteroatoms. The standard InChI is InChI=1S/C8H17N3O/c1-9-8(12)10-5-7-3-4-11(2)6-7/h7H,3-6H2,1-2H3,(H2,9,10,12). The number of carbonyl (C=O) groups is 1. The first-order valence-corrected chi connectivity index (χ1v) is 4.36. The van der Waals surface area contributed by atoms with E-state index in [4.69, 9.17) is 0 Å². The Balaban J connectivity index is 2.11. The summed E-state index contributed by atoms with van der Waals surface area (Å²) in [7, 11) is 3.75. The average Bonchev–Trinajstić information content (AvgIpc) is 2.47. The zero-order valence-electron chi connectivity index (χ0n) is 7.76. The van der Waals surface area contributed by atoms with Gasteiger partial charge in [0.25, 0.3) is 0 Å². The minimum Gasteiger partial charge on any atom is -0.341 e. The van der Waals surface area contributed by atoms with Crippen LogP contribution < -0.4 is 10.6 Å². The summed E-state index contributed by atoms with van der Waals surface area (Å²) < 4.78 is 0. The normalized spacial score (nSPS) is 24.0. The van der Waals surface area contributed by atoms with E-state index in [1.165, 1.54) is 6.42 Å². The van der Waals surface area contributed by atoms with Crippen molar-refractivity contribution in [1.82, 2.24) is 15.5 Å². The number of hydrogen-bond donors (Lipinski definition) is 2. The molecule has 4 nitrogen and oxygen atoms in total. The molecule has 0 spiro atoms. The summed E-state index contributed by atoms with van der Waals surface area (Å²) in [6, 6.07) is -0.0791. The fourth-order valence-electron chi connectivity index (χ4n) is 1.52. The smallest absolute Gasteiger partial charge is 0.314 e. The van der Waals surface area contributed by atoms with E-state index in [1.54, 1.807) is 7.05 Å². The van der Waals surface area contributed by atoms with Crippen LogP contribution in [0.25, 0.3) is 0 Å². The minimum absolute atomic E-state index is 0.0791. The highest BCUT2D eigenvalue weighted by molar-refractivity contribution is 5.73. The van der Waals surface area contributed by atoms with E-state index < -0.39 is 0 Å². The van der Waals surface area contributed by atoms with Gasteiger partial charge in [-0.25, -0.2) is 4.79 Å². The van der Waals surface area contributed by atoms with E-state index in [2.05, 4.69) is 22.6 Å². The molecule has 1 fully saturated rings. The monoisotopic (exact) mass is 171 g/mol. The van der Waals surface area contributed by atoms with E-state index in [0.717, 1.165) is 19.6 Å². The van der Waals surface area contributed by atoms with Crippen LogP contribution in [0.2, 0.25) is 0 Å². The van der Waals surface area contributed by atoms with Gasteiger partial charge >= 0.3 is 6.03 Å². The summed E-state index contributed by atoms with van der Waals surface area (Å²) in [5, 5.41) is 5.35. The van der Waals surface area contributed by atoms with E-state index in [9.17, 15) is 4.79 Å². The zero-order chi connectivity index (χ0) is 8.97. The van der Waals surface area contributed by atoms with Gasteiger partial charge in [-0.3, -0.25) is 0 Å². The van der Waals surface area contributed by atoms with Crippen molar-refractivity contribution in [2.24, 2.45) is 5.92 Å². The molecule has 0 aromatic heterocycles. The Morgan fingerprint density at radius 3 is 2.92 bits per heavy atom. The number of rotatable bonds is 2. The van der Waals surface area contributed by atoms with Crippen LogP contribution in [-0.2, 0) is 0 Å². The fraction of sp³-hybridized carbons (Fsp3) is 0.875. The van der Waals surface area contributed by atoms with Gasteiger partial charge in [0.2, 0.25) is 0 Å². The van der Waals surface area contributed by atoms with Crippen molar-refractivity contribution >= 4 is 6.03 Å². The fourth-order valence-corrected chi connectivity index (χ4v) is 1.52. The molecule has 0 bridgehead atoms. The third kappa shape index (κ3) is 2.70. The lowest BCUT2D eigenvalue weighted by Gasteiger charge is -2.10. The Kier molecular flexibility index (Phi) is 3.34. The van der Waals surface area contributed by atoms with Crippen LogP contribution in [0.1, 0.15) is 6.42 Å². The van der Waals surface area contributed by atoms with Crippen LogP contribution in [0.3, 0.4) is 0 Å². The van der Waals surface area contributed by atoms with Gasteiger partial charge in [0.05, 0.1) is 0 Å². The Labute approximate surface area is 73.3 Å². The highest BCUT2D eigenvalue weighted by Crippen LogP contribution is 2.12. The molecule has 0 aromatic carbocycles. The molecule has 1 heterocycles. The van der Waals surface area contributed by atoms with Crippen molar-refractivity contribution in [1.29, 1.82) is 0 Å². The highest BCUT2D eigenvalue weighted by Gasteiger charge is 2.19. The van der Waals surface area contributed by atoms with Crippen LogP contribution in [0, 0.1) is 5.92 Å². The van der Waals surface area contributed by atoms with Crippen molar-refractivity contribution in [3.05, 3.63) is 0 Å². The number of carbonyl (C=O) groups excluding carboxylic acids is 1. The maximum Gasteiger partial charge on any atom is 0.314 e. The Morgan fingerprint density at radius 1 is 1.67 bits per heavy atom. The van der Waals surface area contributed by atoms with Crippen molar-refractivity contribution in [2.75, 3.05) is 33.7 Å². The first-order valence-electron chi connectivity index (χ1n) is 4.36. The van der Waals surface area contributed by atoms with Crippen LogP contribution in [0.4, 0.5) is 4.79 Å². The maximum absolute atomic E-state index is 10.8. The number of hydrogen-bond acceptors (Lipinski definition) is 2. The largest absolute Gasteiger partial charge is 0.341 e. The Morgan fingerprint density at radius 2 is 2.42 bits per heavy atom. The number of amides is 2. The van der Waals surface area contributed by atoms with E-state index in [1.807, 2.05) is 0 Å². The topological polar surface area (TPSA) is 44.4 Å². The van der Waals surface area contributed by atoms with Crippen LogP contribution in [-0.4, -0.2) is 44.7 Å². The predicted molar refractivity (Wildman–Crippen MR) is 48.1 cm³/mol. The molecule has 1 aliphatic heterocycles. The predicted octanol–water partition coefficient (Wildman–Crippen LogP) is -0.133. The number of urea groups is 1. The second-order valence-electron chi connectivity index (χ2n) is 3.38. The van der Waals surface area contributed by atoms with Gasteiger partial charge in [0, 0.05) is 20.1 Å². The third-order valence-corrected chi connectivity index (χ3v) is 2.27. The molecule has 2 N–H and O–H groups in total. The van der Waals surface area contributed by atoms with E-state index >= 15 is 0 Å². The average molecular weight is 171 g/mol. The second kappa shape index (κ2) is 4.30. The Bertz CT molecular complexity index is 160. The van der Waals surface area contributed by atoms with Gasteiger partial charge in [-0.05, 0) is 25.9 Å². The lowest BCUT2D eigenvalue weighted by molar-refractivity contribution is 0.241. The summed E-state index contributed by atoms with van der Waals surface area (Å²) in [5.41, 5.74) is 0. The maximum atomic E-state index is 10.8. The quantitative estimate of drug-likeness (QED) is 0.607. The lowest BCUT2D eigenvalue weighted by atomic mass is 10.1. The molecule has 0 aromatic rings. The zero-order valence-corrected chi connectivity index (χ0v) is 7.76. The summed E-state index contributed by atoms with van der Waals surface area (Å²) >= 11 is 0. The summed E-state index contributed by atoms with van der Waals surface area (Å²) in [6.45, 7) is 3.05. The molecule has 1 rings (SSSR count). The van der Waals surface area contributed by atoms with Gasteiger partial charge in [-0.2, -0.15) is 0 Å². The SMILES string of the molecule is CNC(=O)NCC1CCN(C)C1. The molecule has 0 saturated carbocycles. The molecule has 12 heavy (non-hydrogen) atoms. The van der Waals surface area contributed by atoms with Gasteiger partial charge < -0.3 is 15.5 Å². The molecule has 1 aliphatic rings. The van der Waals surface area contributed by atoms with Crippen molar-refractivity contribution in [3.8, 4) is 0 Å². The van der Waals surface area contributed by atoms with Crippen LogP contribution in [0.5, 0.6) is 0 Å². The first kappa shape index (κ1) is 9.32. The molecule has 0 radical (unpaired) electrons. The van der Waals surface area contributed by atoms with Crippen molar-refractivity contribution in [3.63, 3.8) is 0 Å². The molecular formula is C8H17N3O. The molecule has 1 unspecified atom stereocenters. The second-order valence-corrected chi connectivity index (χ2v) is 3.38. The Hall–Kier alpha value is -0.770. The molecule has 2 amide bonds. The lowest BCUT2D eigenvalue weighted by Crippen LogP contribution is -2.36. The molecule has 1 atom stereocenters. The summed E-state index contributed by atoms with van der Waals surface area (Å²) in [4.78, 5) is 13.1. The summed E-state index contributed by atoms with van der Waals surface area (Å²) in [5.74, 6) is 0.632. The number of nitrogens with zero attached hydrogens (tertiary/aromatic N) is 1. The number of nitrogens with one attached hydrogen (secondary N) is 2. The summed E-state index contributed by atoms with van der Waals surface area (Å²) in [6.07, 6.45) is 1.19. The molecular weight excluding hydrogens is 154 g/mol. The van der Waals surface area contributed by atoms with Crippen LogP contribution >= 0.6 is 0 Å². The van der Waals surface area contributed by atoms with Crippen molar-refractivity contribution in [2.45, 2.75) is 6.42 Å². The van der Waals surface area contributed by atoms with Gasteiger partial charge in [0.1, 0.15) is 0 Å². The highest BCUT2D eigenvalue weighted by atomic mass is 16.2.